The maximum Gasteiger partial charge on any atom is 0.251 e. The number of hydrogen-bond acceptors (Lipinski definition) is 4. The molecule has 1 aromatic heterocycles. The van der Waals surface area contributed by atoms with Crippen LogP contribution in [0, 0.1) is 0 Å². The highest BCUT2D eigenvalue weighted by Gasteiger charge is 2.23. The van der Waals surface area contributed by atoms with Crippen molar-refractivity contribution in [1.82, 2.24) is 10.3 Å². The van der Waals surface area contributed by atoms with Crippen molar-refractivity contribution in [1.29, 1.82) is 0 Å². The van der Waals surface area contributed by atoms with E-state index in [0.717, 1.165) is 23.5 Å². The molecule has 114 valence electrons. The number of benzene rings is 1. The van der Waals surface area contributed by atoms with E-state index in [4.69, 9.17) is 0 Å². The first-order valence-corrected chi connectivity index (χ1v) is 8.45. The Kier molecular flexibility index (Phi) is 4.63. The van der Waals surface area contributed by atoms with Crippen LogP contribution in [0.4, 0.5) is 11.4 Å². The van der Waals surface area contributed by atoms with Crippen molar-refractivity contribution in [2.45, 2.75) is 24.6 Å². The molecule has 2 unspecified atom stereocenters. The minimum Gasteiger partial charge on any atom is -0.354 e. The van der Waals surface area contributed by atoms with Crippen LogP contribution in [0.3, 0.4) is 0 Å². The number of aromatic nitrogens is 1. The molecule has 1 fully saturated rings. The Labute approximate surface area is 134 Å². The molecule has 5 heteroatoms. The van der Waals surface area contributed by atoms with E-state index < -0.39 is 0 Å². The number of amides is 1. The van der Waals surface area contributed by atoms with Crippen LogP contribution in [-0.4, -0.2) is 27.9 Å². The average Bonchev–Trinajstić information content (AvgIpc) is 2.94. The maximum atomic E-state index is 12.2. The summed E-state index contributed by atoms with van der Waals surface area (Å²) < 4.78 is 0. The van der Waals surface area contributed by atoms with Crippen molar-refractivity contribution in [2.75, 3.05) is 11.1 Å². The lowest BCUT2D eigenvalue weighted by Gasteiger charge is -2.12. The number of carbonyl (C=O) groups excluding carboxylic acids is 1. The summed E-state index contributed by atoms with van der Waals surface area (Å²) in [6.45, 7) is 2.20. The van der Waals surface area contributed by atoms with Crippen molar-refractivity contribution >= 4 is 29.0 Å². The van der Waals surface area contributed by atoms with Gasteiger partial charge in [-0.25, -0.2) is 0 Å². The first kappa shape index (κ1) is 14.9. The van der Waals surface area contributed by atoms with Gasteiger partial charge in [0.2, 0.25) is 0 Å². The Morgan fingerprint density at radius 3 is 2.68 bits per heavy atom. The number of hydrogen-bond donors (Lipinski definition) is 2. The van der Waals surface area contributed by atoms with Gasteiger partial charge in [-0.3, -0.25) is 9.78 Å². The Balaban J connectivity index is 1.60. The average molecular weight is 313 g/mol. The number of nitrogens with zero attached hydrogens (tertiary/aromatic N) is 1. The van der Waals surface area contributed by atoms with Crippen LogP contribution in [0.2, 0.25) is 0 Å². The zero-order chi connectivity index (χ0) is 15.4. The van der Waals surface area contributed by atoms with Gasteiger partial charge in [-0.1, -0.05) is 6.92 Å². The number of anilines is 2. The highest BCUT2D eigenvalue weighted by molar-refractivity contribution is 8.00. The molecule has 22 heavy (non-hydrogen) atoms. The molecule has 0 aliphatic carbocycles. The van der Waals surface area contributed by atoms with E-state index >= 15 is 0 Å². The molecule has 0 radical (unpaired) electrons. The normalized spacial score (nSPS) is 20.6. The first-order valence-electron chi connectivity index (χ1n) is 7.40. The SMILES string of the molecule is CC1CC(NC(=O)c2ccc(Nc3cccnc3)cc2)CS1. The van der Waals surface area contributed by atoms with Crippen LogP contribution in [0.15, 0.2) is 48.8 Å². The minimum absolute atomic E-state index is 0.00706. The van der Waals surface area contributed by atoms with E-state index in [1.54, 1.807) is 12.4 Å². The highest BCUT2D eigenvalue weighted by atomic mass is 32.2. The molecule has 1 aromatic carbocycles. The molecule has 4 nitrogen and oxygen atoms in total. The Morgan fingerprint density at radius 2 is 2.05 bits per heavy atom. The van der Waals surface area contributed by atoms with Crippen molar-refractivity contribution in [3.05, 3.63) is 54.4 Å². The second-order valence-corrected chi connectivity index (χ2v) is 6.97. The van der Waals surface area contributed by atoms with Crippen LogP contribution in [0.25, 0.3) is 0 Å². The van der Waals surface area contributed by atoms with Gasteiger partial charge in [-0.05, 0) is 42.8 Å². The van der Waals surface area contributed by atoms with E-state index in [1.165, 1.54) is 0 Å². The lowest BCUT2D eigenvalue weighted by molar-refractivity contribution is 0.0940. The van der Waals surface area contributed by atoms with Gasteiger partial charge < -0.3 is 10.6 Å². The molecule has 0 spiro atoms. The molecule has 2 aromatic rings. The standard InChI is InChI=1S/C17H19N3OS/c1-12-9-16(11-22-12)20-17(21)13-4-6-14(7-5-13)19-15-3-2-8-18-10-15/h2-8,10,12,16,19H,9,11H2,1H3,(H,20,21). The quantitative estimate of drug-likeness (QED) is 0.908. The smallest absolute Gasteiger partial charge is 0.251 e. The van der Waals surface area contributed by atoms with Crippen LogP contribution < -0.4 is 10.6 Å². The van der Waals surface area contributed by atoms with E-state index in [2.05, 4.69) is 22.5 Å². The summed E-state index contributed by atoms with van der Waals surface area (Å²) in [5, 5.41) is 6.99. The fourth-order valence-corrected chi connectivity index (χ4v) is 3.64. The predicted molar refractivity (Wildman–Crippen MR) is 91.8 cm³/mol. The number of thioether (sulfide) groups is 1. The minimum atomic E-state index is 0.00706. The van der Waals surface area contributed by atoms with Gasteiger partial charge in [-0.15, -0.1) is 0 Å². The third-order valence-electron chi connectivity index (χ3n) is 3.63. The number of rotatable bonds is 4. The molecule has 1 aliphatic rings. The lowest BCUT2D eigenvalue weighted by Crippen LogP contribution is -2.34. The molecular weight excluding hydrogens is 294 g/mol. The third-order valence-corrected chi connectivity index (χ3v) is 4.99. The van der Waals surface area contributed by atoms with Crippen molar-refractivity contribution in [3.8, 4) is 0 Å². The topological polar surface area (TPSA) is 54.0 Å². The van der Waals surface area contributed by atoms with Gasteiger partial charge in [0.1, 0.15) is 0 Å². The Morgan fingerprint density at radius 1 is 1.23 bits per heavy atom. The van der Waals surface area contributed by atoms with Gasteiger partial charge in [0.15, 0.2) is 0 Å². The van der Waals surface area contributed by atoms with Crippen molar-refractivity contribution in [3.63, 3.8) is 0 Å². The van der Waals surface area contributed by atoms with E-state index in [-0.39, 0.29) is 5.91 Å². The van der Waals surface area contributed by atoms with E-state index in [9.17, 15) is 4.79 Å². The van der Waals surface area contributed by atoms with Gasteiger partial charge in [0, 0.05) is 34.5 Å². The monoisotopic (exact) mass is 313 g/mol. The second-order valence-electron chi connectivity index (χ2n) is 5.49. The summed E-state index contributed by atoms with van der Waals surface area (Å²) in [5.41, 5.74) is 2.56. The molecule has 0 bridgehead atoms. The number of pyridine rings is 1. The number of nitrogens with one attached hydrogen (secondary N) is 2. The summed E-state index contributed by atoms with van der Waals surface area (Å²) in [6.07, 6.45) is 4.55. The predicted octanol–water partition coefficient (Wildman–Crippen LogP) is 3.45. The summed E-state index contributed by atoms with van der Waals surface area (Å²) >= 11 is 1.92. The molecular formula is C17H19N3OS. The summed E-state index contributed by atoms with van der Waals surface area (Å²) in [7, 11) is 0. The zero-order valence-electron chi connectivity index (χ0n) is 12.5. The molecule has 1 amide bonds. The fraction of sp³-hybridized carbons (Fsp3) is 0.294. The molecule has 1 saturated heterocycles. The van der Waals surface area contributed by atoms with Gasteiger partial charge in [0.05, 0.1) is 11.9 Å². The van der Waals surface area contributed by atoms with Gasteiger partial charge in [-0.2, -0.15) is 11.8 Å². The largest absolute Gasteiger partial charge is 0.354 e. The summed E-state index contributed by atoms with van der Waals surface area (Å²) in [4.78, 5) is 16.3. The Hall–Kier alpha value is -2.01. The summed E-state index contributed by atoms with van der Waals surface area (Å²) in [5.74, 6) is 1.01. The molecule has 2 atom stereocenters. The van der Waals surface area contributed by atoms with Crippen LogP contribution in [-0.2, 0) is 0 Å². The van der Waals surface area contributed by atoms with Crippen LogP contribution in [0.1, 0.15) is 23.7 Å². The lowest BCUT2D eigenvalue weighted by atomic mass is 10.1. The van der Waals surface area contributed by atoms with Crippen LogP contribution >= 0.6 is 11.8 Å². The third kappa shape index (κ3) is 3.80. The van der Waals surface area contributed by atoms with E-state index in [1.807, 2.05) is 48.2 Å². The fourth-order valence-electron chi connectivity index (χ4n) is 2.49. The summed E-state index contributed by atoms with van der Waals surface area (Å²) in [6, 6.07) is 11.6. The van der Waals surface area contributed by atoms with Crippen LogP contribution in [0.5, 0.6) is 0 Å². The Bertz CT molecular complexity index is 630. The van der Waals surface area contributed by atoms with E-state index in [0.29, 0.717) is 16.9 Å². The van der Waals surface area contributed by atoms with Gasteiger partial charge >= 0.3 is 0 Å². The van der Waals surface area contributed by atoms with Gasteiger partial charge in [0.25, 0.3) is 5.91 Å². The zero-order valence-corrected chi connectivity index (χ0v) is 13.3. The molecule has 0 saturated carbocycles. The maximum absolute atomic E-state index is 12.2. The second kappa shape index (κ2) is 6.83. The number of carbonyl (C=O) groups is 1. The first-order chi connectivity index (χ1) is 10.7. The highest BCUT2D eigenvalue weighted by Crippen LogP contribution is 2.26. The molecule has 2 N–H and O–H groups in total. The molecule has 3 rings (SSSR count). The van der Waals surface area contributed by atoms with Crippen molar-refractivity contribution < 1.29 is 4.79 Å². The molecule has 2 heterocycles. The molecule has 1 aliphatic heterocycles. The van der Waals surface area contributed by atoms with Crippen molar-refractivity contribution in [2.24, 2.45) is 0 Å².